The van der Waals surface area contributed by atoms with Crippen molar-refractivity contribution in [1.82, 2.24) is 0 Å². The van der Waals surface area contributed by atoms with Crippen LogP contribution in [0.3, 0.4) is 0 Å². The van der Waals surface area contributed by atoms with Crippen LogP contribution in [0.4, 0.5) is 0 Å². The molecule has 0 bridgehead atoms. The zero-order valence-electron chi connectivity index (χ0n) is 16.1. The van der Waals surface area contributed by atoms with Crippen molar-refractivity contribution in [3.63, 3.8) is 0 Å². The molecule has 4 rings (SSSR count). The number of hydrogen-bond acceptors (Lipinski definition) is 2. The fraction of sp³-hybridized carbons (Fsp3) is 0.0769. The Hall–Kier alpha value is -3.52. The Bertz CT molecular complexity index is 1030. The summed E-state index contributed by atoms with van der Waals surface area (Å²) < 4.78 is 11.2. The van der Waals surface area contributed by atoms with Gasteiger partial charge < -0.3 is 9.47 Å². The van der Waals surface area contributed by atoms with Crippen molar-refractivity contribution >= 4 is 0 Å². The lowest BCUT2D eigenvalue weighted by molar-refractivity contribution is 0.415. The molecule has 2 nitrogen and oxygen atoms in total. The summed E-state index contributed by atoms with van der Waals surface area (Å²) in [6.07, 6.45) is 0. The molecule has 2 heteroatoms. The largest absolute Gasteiger partial charge is 0.497 e. The van der Waals surface area contributed by atoms with Crippen LogP contribution in [0.2, 0.25) is 0 Å². The monoisotopic (exact) mass is 366 g/mol. The Morgan fingerprint density at radius 1 is 0.429 bits per heavy atom. The molecule has 0 aliphatic carbocycles. The molecule has 0 saturated carbocycles. The molecule has 0 spiro atoms. The third-order valence-corrected chi connectivity index (χ3v) is 4.75. The Morgan fingerprint density at radius 2 is 0.750 bits per heavy atom. The second-order valence-corrected chi connectivity index (χ2v) is 6.75. The summed E-state index contributed by atoms with van der Waals surface area (Å²) in [6.45, 7) is 2.10. The summed E-state index contributed by atoms with van der Waals surface area (Å²) >= 11 is 0. The summed E-state index contributed by atoms with van der Waals surface area (Å²) in [7, 11) is 1.68. The number of benzene rings is 4. The van der Waals surface area contributed by atoms with Crippen molar-refractivity contribution < 1.29 is 9.47 Å². The normalized spacial score (nSPS) is 10.5. The molecule has 138 valence electrons. The van der Waals surface area contributed by atoms with E-state index in [9.17, 15) is 0 Å². The van der Waals surface area contributed by atoms with Gasteiger partial charge in [-0.3, -0.25) is 0 Å². The molecule has 4 aromatic rings. The number of rotatable bonds is 5. The molecule has 28 heavy (non-hydrogen) atoms. The van der Waals surface area contributed by atoms with E-state index in [-0.39, 0.29) is 0 Å². The predicted octanol–water partition coefficient (Wildman–Crippen LogP) is 7.13. The molecule has 0 aromatic heterocycles. The average molecular weight is 366 g/mol. The number of hydrogen-bond donors (Lipinski definition) is 0. The van der Waals surface area contributed by atoms with E-state index < -0.39 is 0 Å². The van der Waals surface area contributed by atoms with Crippen LogP contribution < -0.4 is 9.47 Å². The predicted molar refractivity (Wildman–Crippen MR) is 115 cm³/mol. The SMILES string of the molecule is COc1ccc(-c2ccc(Oc3ccc(-c4ccc(C)cc4)cc3)cc2)cc1. The fourth-order valence-electron chi connectivity index (χ4n) is 3.10. The van der Waals surface area contributed by atoms with Gasteiger partial charge in [0, 0.05) is 0 Å². The molecule has 0 amide bonds. The molecule has 0 unspecified atom stereocenters. The topological polar surface area (TPSA) is 18.5 Å². The number of ether oxygens (including phenoxy) is 2. The average Bonchev–Trinajstić information content (AvgIpc) is 2.76. The van der Waals surface area contributed by atoms with Crippen LogP contribution in [0.1, 0.15) is 5.56 Å². The summed E-state index contributed by atoms with van der Waals surface area (Å²) in [5.41, 5.74) is 5.95. The molecule has 0 aliphatic heterocycles. The first-order chi connectivity index (χ1) is 13.7. The lowest BCUT2D eigenvalue weighted by Gasteiger charge is -2.09. The maximum Gasteiger partial charge on any atom is 0.127 e. The molecule has 0 saturated heterocycles. The van der Waals surface area contributed by atoms with E-state index in [0.29, 0.717) is 0 Å². The van der Waals surface area contributed by atoms with Crippen LogP contribution in [0.5, 0.6) is 17.2 Å². The summed E-state index contributed by atoms with van der Waals surface area (Å²) in [6, 6.07) is 32.9. The molecule has 4 aromatic carbocycles. The molecular formula is C26H22O2. The maximum absolute atomic E-state index is 6.00. The first-order valence-electron chi connectivity index (χ1n) is 9.31. The van der Waals surface area contributed by atoms with Crippen molar-refractivity contribution in [3.05, 3.63) is 103 Å². The molecule has 0 atom stereocenters. The van der Waals surface area contributed by atoms with Gasteiger partial charge in [0.15, 0.2) is 0 Å². The van der Waals surface area contributed by atoms with Gasteiger partial charge in [-0.05, 0) is 65.6 Å². The summed E-state index contributed by atoms with van der Waals surface area (Å²) in [5.74, 6) is 2.51. The summed E-state index contributed by atoms with van der Waals surface area (Å²) in [5, 5.41) is 0. The number of aryl methyl sites for hydroxylation is 1. The van der Waals surface area contributed by atoms with Crippen molar-refractivity contribution in [3.8, 4) is 39.5 Å². The van der Waals surface area contributed by atoms with E-state index >= 15 is 0 Å². The highest BCUT2D eigenvalue weighted by Crippen LogP contribution is 2.28. The Kier molecular flexibility index (Phi) is 5.11. The zero-order valence-corrected chi connectivity index (χ0v) is 16.1. The lowest BCUT2D eigenvalue weighted by atomic mass is 10.0. The van der Waals surface area contributed by atoms with E-state index in [0.717, 1.165) is 28.4 Å². The Balaban J connectivity index is 1.46. The van der Waals surface area contributed by atoms with Crippen LogP contribution in [0.25, 0.3) is 22.3 Å². The highest BCUT2D eigenvalue weighted by atomic mass is 16.5. The molecular weight excluding hydrogens is 344 g/mol. The van der Waals surface area contributed by atoms with Crippen molar-refractivity contribution in [2.24, 2.45) is 0 Å². The van der Waals surface area contributed by atoms with E-state index in [2.05, 4.69) is 67.6 Å². The van der Waals surface area contributed by atoms with Gasteiger partial charge in [-0.15, -0.1) is 0 Å². The molecule has 0 radical (unpaired) electrons. The van der Waals surface area contributed by atoms with Crippen LogP contribution in [0, 0.1) is 6.92 Å². The minimum Gasteiger partial charge on any atom is -0.497 e. The van der Waals surface area contributed by atoms with Crippen molar-refractivity contribution in [2.75, 3.05) is 7.11 Å². The molecule has 0 N–H and O–H groups in total. The molecule has 0 fully saturated rings. The first kappa shape index (κ1) is 17.9. The van der Waals surface area contributed by atoms with Gasteiger partial charge in [0.2, 0.25) is 0 Å². The van der Waals surface area contributed by atoms with E-state index in [1.54, 1.807) is 7.11 Å². The van der Waals surface area contributed by atoms with Crippen LogP contribution in [-0.4, -0.2) is 7.11 Å². The van der Waals surface area contributed by atoms with Crippen LogP contribution >= 0.6 is 0 Å². The van der Waals surface area contributed by atoms with E-state index in [1.165, 1.54) is 16.7 Å². The van der Waals surface area contributed by atoms with Crippen molar-refractivity contribution in [2.45, 2.75) is 6.92 Å². The van der Waals surface area contributed by atoms with E-state index in [4.69, 9.17) is 9.47 Å². The highest BCUT2D eigenvalue weighted by Gasteiger charge is 2.02. The smallest absolute Gasteiger partial charge is 0.127 e. The van der Waals surface area contributed by atoms with Gasteiger partial charge in [0.25, 0.3) is 0 Å². The van der Waals surface area contributed by atoms with Gasteiger partial charge in [-0.2, -0.15) is 0 Å². The fourth-order valence-corrected chi connectivity index (χ4v) is 3.10. The second kappa shape index (κ2) is 8.01. The van der Waals surface area contributed by atoms with Crippen LogP contribution in [-0.2, 0) is 0 Å². The summed E-state index contributed by atoms with van der Waals surface area (Å²) in [4.78, 5) is 0. The van der Waals surface area contributed by atoms with E-state index in [1.807, 2.05) is 36.4 Å². The van der Waals surface area contributed by atoms with Gasteiger partial charge in [0.05, 0.1) is 7.11 Å². The quantitative estimate of drug-likeness (QED) is 0.374. The number of methoxy groups -OCH3 is 1. The highest BCUT2D eigenvalue weighted by molar-refractivity contribution is 5.66. The minimum atomic E-state index is 0.820. The zero-order chi connectivity index (χ0) is 19.3. The second-order valence-electron chi connectivity index (χ2n) is 6.75. The molecule has 0 heterocycles. The third kappa shape index (κ3) is 4.07. The maximum atomic E-state index is 6.00. The van der Waals surface area contributed by atoms with Crippen molar-refractivity contribution in [1.29, 1.82) is 0 Å². The third-order valence-electron chi connectivity index (χ3n) is 4.75. The Labute approximate surface area is 166 Å². The Morgan fingerprint density at radius 3 is 1.11 bits per heavy atom. The van der Waals surface area contributed by atoms with Gasteiger partial charge in [-0.1, -0.05) is 66.2 Å². The van der Waals surface area contributed by atoms with Gasteiger partial charge >= 0.3 is 0 Å². The minimum absolute atomic E-state index is 0.820. The first-order valence-corrected chi connectivity index (χ1v) is 9.31. The van der Waals surface area contributed by atoms with Gasteiger partial charge in [-0.25, -0.2) is 0 Å². The lowest BCUT2D eigenvalue weighted by Crippen LogP contribution is -1.86. The van der Waals surface area contributed by atoms with Gasteiger partial charge in [0.1, 0.15) is 17.2 Å². The molecule has 0 aliphatic rings. The van der Waals surface area contributed by atoms with Crippen LogP contribution in [0.15, 0.2) is 97.1 Å². The standard InChI is InChI=1S/C26H22O2/c1-19-3-5-20(6-4-19)22-9-15-25(16-10-22)28-26-17-11-23(12-18-26)21-7-13-24(27-2)14-8-21/h3-18H,1-2H3.